The van der Waals surface area contributed by atoms with Crippen LogP contribution in [0.4, 0.5) is 43.8 Å². The summed E-state index contributed by atoms with van der Waals surface area (Å²) in [5, 5.41) is 3.43. The van der Waals surface area contributed by atoms with Crippen molar-refractivity contribution in [2.24, 2.45) is 0 Å². The van der Waals surface area contributed by atoms with Crippen LogP contribution in [0.25, 0.3) is 22.2 Å². The SMILES string of the molecule is CCN(CC)c1nc(Nc2ccnc3cc(-c4ncsc4C(F)(F)F)ccc23)ncc1C(F)(F)F. The Morgan fingerprint density at radius 1 is 0.943 bits per heavy atom. The molecule has 1 N–H and O–H groups in total. The second-order valence-corrected chi connectivity index (χ2v) is 8.20. The standard InChI is InChI=1S/C22H18F6N6S/c1-3-34(4-2)19-14(21(23,24)25)10-30-20(33-19)32-15-7-8-29-16-9-12(5-6-13(15)16)17-18(22(26,27)28)35-11-31-17/h5-11H,3-4H2,1-2H3,(H,29,30,32,33). The van der Waals surface area contributed by atoms with Crippen molar-refractivity contribution in [2.75, 3.05) is 23.3 Å². The predicted molar refractivity (Wildman–Crippen MR) is 122 cm³/mol. The summed E-state index contributed by atoms with van der Waals surface area (Å²) in [4.78, 5) is 16.7. The number of nitrogens with zero attached hydrogens (tertiary/aromatic N) is 5. The third-order valence-electron chi connectivity index (χ3n) is 5.22. The van der Waals surface area contributed by atoms with Gasteiger partial charge in [0.25, 0.3) is 0 Å². The van der Waals surface area contributed by atoms with Crippen molar-refractivity contribution >= 4 is 39.7 Å². The molecule has 3 heterocycles. The first-order valence-electron chi connectivity index (χ1n) is 10.4. The smallest absolute Gasteiger partial charge is 0.357 e. The lowest BCUT2D eigenvalue weighted by Crippen LogP contribution is -2.27. The monoisotopic (exact) mass is 512 g/mol. The van der Waals surface area contributed by atoms with Crippen LogP contribution in [-0.4, -0.2) is 33.0 Å². The number of nitrogens with one attached hydrogen (secondary N) is 1. The number of hydrogen-bond donors (Lipinski definition) is 1. The molecule has 1 aromatic carbocycles. The van der Waals surface area contributed by atoms with Gasteiger partial charge in [-0.1, -0.05) is 12.1 Å². The summed E-state index contributed by atoms with van der Waals surface area (Å²) in [5.41, 5.74) is 1.03. The lowest BCUT2D eigenvalue weighted by atomic mass is 10.1. The van der Waals surface area contributed by atoms with Crippen molar-refractivity contribution in [3.8, 4) is 11.3 Å². The van der Waals surface area contributed by atoms with Crippen molar-refractivity contribution < 1.29 is 26.3 Å². The lowest BCUT2D eigenvalue weighted by molar-refractivity contribution is -0.137. The van der Waals surface area contributed by atoms with Gasteiger partial charge < -0.3 is 10.2 Å². The average molecular weight is 512 g/mol. The van der Waals surface area contributed by atoms with E-state index in [9.17, 15) is 26.3 Å². The molecule has 0 saturated carbocycles. The summed E-state index contributed by atoms with van der Waals surface area (Å²) in [5.74, 6) is -0.306. The summed E-state index contributed by atoms with van der Waals surface area (Å²) < 4.78 is 80.3. The van der Waals surface area contributed by atoms with Gasteiger partial charge in [0, 0.05) is 36.4 Å². The molecule has 0 spiro atoms. The van der Waals surface area contributed by atoms with Crippen LogP contribution >= 0.6 is 11.3 Å². The average Bonchev–Trinajstić information content (AvgIpc) is 3.30. The van der Waals surface area contributed by atoms with Gasteiger partial charge in [0.2, 0.25) is 5.95 Å². The fraction of sp³-hybridized carbons (Fsp3) is 0.273. The molecule has 0 bridgehead atoms. The van der Waals surface area contributed by atoms with Gasteiger partial charge in [-0.2, -0.15) is 31.3 Å². The maximum Gasteiger partial charge on any atom is 0.427 e. The van der Waals surface area contributed by atoms with Crippen LogP contribution in [0.5, 0.6) is 0 Å². The van der Waals surface area contributed by atoms with Crippen LogP contribution in [-0.2, 0) is 12.4 Å². The quantitative estimate of drug-likeness (QED) is 0.288. The first-order valence-corrected chi connectivity index (χ1v) is 11.3. The summed E-state index contributed by atoms with van der Waals surface area (Å²) in [7, 11) is 0. The zero-order valence-corrected chi connectivity index (χ0v) is 19.2. The summed E-state index contributed by atoms with van der Waals surface area (Å²) >= 11 is 0.502. The number of alkyl halides is 6. The fourth-order valence-electron chi connectivity index (χ4n) is 3.57. The van der Waals surface area contributed by atoms with Crippen LogP contribution < -0.4 is 10.2 Å². The van der Waals surface area contributed by atoms with E-state index in [1.807, 2.05) is 0 Å². The number of aromatic nitrogens is 4. The molecule has 4 aromatic rings. The first-order chi connectivity index (χ1) is 16.5. The minimum absolute atomic E-state index is 0.0599. The van der Waals surface area contributed by atoms with E-state index in [2.05, 4.69) is 25.3 Å². The second kappa shape index (κ2) is 9.29. The molecule has 0 saturated heterocycles. The number of anilines is 3. The van der Waals surface area contributed by atoms with Gasteiger partial charge in [-0.05, 0) is 26.0 Å². The number of pyridine rings is 1. The van der Waals surface area contributed by atoms with E-state index < -0.39 is 22.8 Å². The Balaban J connectivity index is 1.73. The first kappa shape index (κ1) is 24.6. The number of halogens is 6. The van der Waals surface area contributed by atoms with Gasteiger partial charge in [-0.15, -0.1) is 11.3 Å². The molecule has 0 aliphatic carbocycles. The minimum Gasteiger partial charge on any atom is -0.357 e. The highest BCUT2D eigenvalue weighted by molar-refractivity contribution is 7.10. The Morgan fingerprint density at radius 2 is 1.69 bits per heavy atom. The molecule has 184 valence electrons. The molecule has 0 unspecified atom stereocenters. The molecule has 3 aromatic heterocycles. The minimum atomic E-state index is -4.62. The van der Waals surface area contributed by atoms with E-state index in [-0.39, 0.29) is 23.0 Å². The van der Waals surface area contributed by atoms with Crippen molar-refractivity contribution in [1.82, 2.24) is 19.9 Å². The number of hydrogen-bond acceptors (Lipinski definition) is 7. The van der Waals surface area contributed by atoms with E-state index in [0.717, 1.165) is 11.7 Å². The Hall–Kier alpha value is -3.48. The van der Waals surface area contributed by atoms with Crippen LogP contribution in [0.2, 0.25) is 0 Å². The van der Waals surface area contributed by atoms with Crippen molar-refractivity contribution in [2.45, 2.75) is 26.2 Å². The highest BCUT2D eigenvalue weighted by Gasteiger charge is 2.37. The third-order valence-corrected chi connectivity index (χ3v) is 6.10. The largest absolute Gasteiger partial charge is 0.427 e. The highest BCUT2D eigenvalue weighted by atomic mass is 32.1. The number of fused-ring (bicyclic) bond motifs is 1. The summed E-state index contributed by atoms with van der Waals surface area (Å²) in [6.07, 6.45) is -7.01. The molecule has 4 rings (SSSR count). The molecule has 0 fully saturated rings. The van der Waals surface area contributed by atoms with Gasteiger partial charge in [-0.25, -0.2) is 9.97 Å². The highest BCUT2D eigenvalue weighted by Crippen LogP contribution is 2.40. The molecule has 13 heteroatoms. The number of rotatable bonds is 6. The number of benzene rings is 1. The fourth-order valence-corrected chi connectivity index (χ4v) is 4.25. The molecule has 35 heavy (non-hydrogen) atoms. The molecular formula is C22H18F6N6S. The van der Waals surface area contributed by atoms with Gasteiger partial charge in [-0.3, -0.25) is 4.98 Å². The Bertz CT molecular complexity index is 1350. The van der Waals surface area contributed by atoms with Crippen molar-refractivity contribution in [3.63, 3.8) is 0 Å². The van der Waals surface area contributed by atoms with Crippen molar-refractivity contribution in [1.29, 1.82) is 0 Å². The molecule has 6 nitrogen and oxygen atoms in total. The van der Waals surface area contributed by atoms with Crippen LogP contribution in [0.1, 0.15) is 24.3 Å². The predicted octanol–water partition coefficient (Wildman–Crippen LogP) is 6.78. The zero-order chi connectivity index (χ0) is 25.4. The number of thiazole rings is 1. The van der Waals surface area contributed by atoms with E-state index in [1.165, 1.54) is 23.2 Å². The maximum absolute atomic E-state index is 13.5. The molecule has 0 amide bonds. The topological polar surface area (TPSA) is 66.8 Å². The van der Waals surface area contributed by atoms with E-state index in [0.29, 0.717) is 41.0 Å². The third kappa shape index (κ3) is 4.99. The van der Waals surface area contributed by atoms with E-state index in [4.69, 9.17) is 0 Å². The normalized spacial score (nSPS) is 12.2. The molecular weight excluding hydrogens is 494 g/mol. The van der Waals surface area contributed by atoms with Gasteiger partial charge in [0.1, 0.15) is 16.3 Å². The zero-order valence-electron chi connectivity index (χ0n) is 18.4. The summed E-state index contributed by atoms with van der Waals surface area (Å²) in [6, 6.07) is 6.09. The molecule has 0 aliphatic heterocycles. The Kier molecular flexibility index (Phi) is 6.54. The maximum atomic E-state index is 13.5. The molecule has 0 aliphatic rings. The second-order valence-electron chi connectivity index (χ2n) is 7.34. The Labute approximate surface area is 199 Å². The Morgan fingerprint density at radius 3 is 2.34 bits per heavy atom. The molecule has 0 radical (unpaired) electrons. The van der Waals surface area contributed by atoms with Gasteiger partial charge in [0.05, 0.1) is 22.4 Å². The van der Waals surface area contributed by atoms with Crippen LogP contribution in [0, 0.1) is 0 Å². The van der Waals surface area contributed by atoms with Crippen LogP contribution in [0.3, 0.4) is 0 Å². The van der Waals surface area contributed by atoms with Gasteiger partial charge >= 0.3 is 12.4 Å². The van der Waals surface area contributed by atoms with Crippen molar-refractivity contribution in [3.05, 3.63) is 52.6 Å². The van der Waals surface area contributed by atoms with E-state index >= 15 is 0 Å². The van der Waals surface area contributed by atoms with E-state index in [1.54, 1.807) is 26.0 Å². The summed E-state index contributed by atoms with van der Waals surface area (Å²) in [6.45, 7) is 4.07. The molecule has 0 atom stereocenters. The lowest BCUT2D eigenvalue weighted by Gasteiger charge is -2.24. The van der Waals surface area contributed by atoms with Crippen LogP contribution in [0.15, 0.2) is 42.2 Å². The van der Waals surface area contributed by atoms with Gasteiger partial charge in [0.15, 0.2) is 0 Å².